The molecule has 1 atom stereocenters. The van der Waals surface area contributed by atoms with Gasteiger partial charge in [0.1, 0.15) is 6.04 Å². The van der Waals surface area contributed by atoms with E-state index in [0.717, 1.165) is 43.1 Å². The normalized spacial score (nSPS) is 16.4. The molecule has 1 saturated heterocycles. The highest BCUT2D eigenvalue weighted by molar-refractivity contribution is 6.25. The summed E-state index contributed by atoms with van der Waals surface area (Å²) in [7, 11) is 0. The summed E-state index contributed by atoms with van der Waals surface area (Å²) in [5.74, 6) is -1.42. The molecule has 1 aromatic rings. The third-order valence-electron chi connectivity index (χ3n) is 7.06. The first-order valence-electron chi connectivity index (χ1n) is 15.7. The van der Waals surface area contributed by atoms with Crippen LogP contribution in [0.25, 0.3) is 0 Å². The van der Waals surface area contributed by atoms with Crippen LogP contribution in [0, 0.1) is 0 Å². The van der Waals surface area contributed by atoms with Crippen molar-refractivity contribution in [2.45, 2.75) is 44.6 Å². The minimum Gasteiger partial charge on any atom is -0.382 e. The van der Waals surface area contributed by atoms with E-state index in [2.05, 4.69) is 10.6 Å². The van der Waals surface area contributed by atoms with Gasteiger partial charge in [-0.1, -0.05) is 18.9 Å². The van der Waals surface area contributed by atoms with E-state index in [1.807, 2.05) is 0 Å². The molecule has 2 N–H and O–H groups in total. The molecule has 2 heterocycles. The largest absolute Gasteiger partial charge is 0.382 e. The average molecular weight is 656 g/mol. The predicted octanol–water partition coefficient (Wildman–Crippen LogP) is 2.40. The van der Waals surface area contributed by atoms with Crippen LogP contribution in [-0.2, 0) is 38.0 Å². The van der Waals surface area contributed by atoms with Crippen molar-refractivity contribution >= 4 is 40.9 Å². The highest BCUT2D eigenvalue weighted by Crippen LogP contribution is 2.32. The Morgan fingerprint density at radius 1 is 0.711 bits per heavy atom. The number of anilines is 1. The topological polar surface area (TPSA) is 151 Å². The standard InChI is InChI=1S/C31H46ClN3O10/c32-10-3-1-2-4-12-40-14-16-42-18-20-44-22-23-45-21-19-43-17-15-41-13-11-33-25-7-5-6-24-28(25)31(39)35(30(24)38)26-8-9-27(36)34-29(26)37/h5-7,26,33H,1-4,8-23H2,(H,34,36,37). The first kappa shape index (κ1) is 36.8. The lowest BCUT2D eigenvalue weighted by Crippen LogP contribution is -2.54. The Bertz CT molecular complexity index is 1080. The molecule has 0 radical (unpaired) electrons. The number of hydrogen-bond acceptors (Lipinski definition) is 11. The van der Waals surface area contributed by atoms with E-state index in [1.165, 1.54) is 0 Å². The number of alkyl halides is 1. The Kier molecular flexibility index (Phi) is 18.0. The molecule has 14 heteroatoms. The van der Waals surface area contributed by atoms with Crippen LogP contribution in [0.2, 0.25) is 0 Å². The minimum atomic E-state index is -1.00. The fourth-order valence-electron chi connectivity index (χ4n) is 4.77. The molecule has 2 aliphatic rings. The van der Waals surface area contributed by atoms with E-state index < -0.39 is 29.7 Å². The summed E-state index contributed by atoms with van der Waals surface area (Å²) >= 11 is 5.65. The second-order valence-corrected chi connectivity index (χ2v) is 10.8. The molecular formula is C31H46ClN3O10. The van der Waals surface area contributed by atoms with Gasteiger partial charge in [0, 0.05) is 31.1 Å². The number of amides is 4. The van der Waals surface area contributed by atoms with Crippen LogP contribution in [-0.4, -0.2) is 126 Å². The first-order chi connectivity index (χ1) is 22.0. The molecule has 1 unspecified atom stereocenters. The summed E-state index contributed by atoms with van der Waals surface area (Å²) in [6, 6.07) is 3.92. The molecule has 0 aliphatic carbocycles. The number of halogens is 1. The number of nitrogens with one attached hydrogen (secondary N) is 2. The number of carbonyl (C=O) groups excluding carboxylic acids is 4. The number of fused-ring (bicyclic) bond motifs is 1. The second-order valence-electron chi connectivity index (χ2n) is 10.4. The molecule has 1 fully saturated rings. The number of nitrogens with zero attached hydrogens (tertiary/aromatic N) is 1. The van der Waals surface area contributed by atoms with Crippen molar-refractivity contribution < 1.29 is 47.6 Å². The van der Waals surface area contributed by atoms with Crippen molar-refractivity contribution in [3.63, 3.8) is 0 Å². The molecule has 0 spiro atoms. The van der Waals surface area contributed by atoms with Gasteiger partial charge in [0.05, 0.1) is 83.8 Å². The van der Waals surface area contributed by atoms with Gasteiger partial charge in [-0.25, -0.2) is 0 Å². The number of benzene rings is 1. The number of ether oxygens (including phenoxy) is 6. The average Bonchev–Trinajstić information content (AvgIpc) is 3.29. The Morgan fingerprint density at radius 2 is 1.27 bits per heavy atom. The molecule has 2 aliphatic heterocycles. The third kappa shape index (κ3) is 12.9. The summed E-state index contributed by atoms with van der Waals surface area (Å²) in [5.41, 5.74) is 0.930. The van der Waals surface area contributed by atoms with Crippen LogP contribution < -0.4 is 10.6 Å². The number of carbonyl (C=O) groups is 4. The van der Waals surface area contributed by atoms with Crippen molar-refractivity contribution in [3.8, 4) is 0 Å². The van der Waals surface area contributed by atoms with E-state index in [0.29, 0.717) is 84.9 Å². The maximum absolute atomic E-state index is 13.1. The SMILES string of the molecule is O=C1CCC(N2C(=O)c3cccc(NCCOCCOCCOCCOCCOCCOCCCCCCCl)c3C2=O)C(=O)N1. The van der Waals surface area contributed by atoms with Crippen LogP contribution in [0.15, 0.2) is 18.2 Å². The summed E-state index contributed by atoms with van der Waals surface area (Å²) in [6.45, 7) is 6.33. The summed E-state index contributed by atoms with van der Waals surface area (Å²) in [5, 5.41) is 5.33. The molecular weight excluding hydrogens is 610 g/mol. The van der Waals surface area contributed by atoms with Gasteiger partial charge in [-0.15, -0.1) is 11.6 Å². The zero-order chi connectivity index (χ0) is 32.1. The Hall–Kier alpha value is -2.65. The van der Waals surface area contributed by atoms with Gasteiger partial charge in [0.15, 0.2) is 0 Å². The number of hydrogen-bond donors (Lipinski definition) is 2. The van der Waals surface area contributed by atoms with Gasteiger partial charge >= 0.3 is 0 Å². The van der Waals surface area contributed by atoms with Crippen LogP contribution >= 0.6 is 11.6 Å². The monoisotopic (exact) mass is 655 g/mol. The third-order valence-corrected chi connectivity index (χ3v) is 7.33. The second kappa shape index (κ2) is 22.0. The summed E-state index contributed by atoms with van der Waals surface area (Å²) in [4.78, 5) is 50.7. The molecule has 0 aromatic heterocycles. The van der Waals surface area contributed by atoms with Crippen LogP contribution in [0.4, 0.5) is 5.69 Å². The van der Waals surface area contributed by atoms with Crippen molar-refractivity contribution in [1.82, 2.24) is 10.2 Å². The number of rotatable bonds is 26. The van der Waals surface area contributed by atoms with Crippen molar-refractivity contribution in [3.05, 3.63) is 29.3 Å². The minimum absolute atomic E-state index is 0.0722. The lowest BCUT2D eigenvalue weighted by atomic mass is 10.0. The fraction of sp³-hybridized carbons (Fsp3) is 0.677. The van der Waals surface area contributed by atoms with E-state index in [4.69, 9.17) is 40.0 Å². The van der Waals surface area contributed by atoms with Crippen molar-refractivity contribution in [1.29, 1.82) is 0 Å². The highest BCUT2D eigenvalue weighted by Gasteiger charge is 2.45. The van der Waals surface area contributed by atoms with Gasteiger partial charge in [0.2, 0.25) is 11.8 Å². The smallest absolute Gasteiger partial charge is 0.264 e. The van der Waals surface area contributed by atoms with Gasteiger partial charge in [-0.2, -0.15) is 0 Å². The van der Waals surface area contributed by atoms with Crippen molar-refractivity contribution in [2.24, 2.45) is 0 Å². The van der Waals surface area contributed by atoms with Gasteiger partial charge < -0.3 is 33.7 Å². The maximum atomic E-state index is 13.1. The number of piperidine rings is 1. The fourth-order valence-corrected chi connectivity index (χ4v) is 4.96. The molecule has 0 saturated carbocycles. The highest BCUT2D eigenvalue weighted by atomic mass is 35.5. The van der Waals surface area contributed by atoms with Crippen LogP contribution in [0.5, 0.6) is 0 Å². The molecule has 3 rings (SSSR count). The van der Waals surface area contributed by atoms with Crippen LogP contribution in [0.1, 0.15) is 59.2 Å². The zero-order valence-electron chi connectivity index (χ0n) is 25.9. The Morgan fingerprint density at radius 3 is 1.84 bits per heavy atom. The lowest BCUT2D eigenvalue weighted by Gasteiger charge is -2.27. The van der Waals surface area contributed by atoms with E-state index in [9.17, 15) is 19.2 Å². The van der Waals surface area contributed by atoms with E-state index >= 15 is 0 Å². The lowest BCUT2D eigenvalue weighted by molar-refractivity contribution is -0.136. The van der Waals surface area contributed by atoms with E-state index in [-0.39, 0.29) is 24.0 Å². The molecule has 1 aromatic carbocycles. The van der Waals surface area contributed by atoms with Crippen molar-refractivity contribution in [2.75, 3.05) is 97.0 Å². The molecule has 45 heavy (non-hydrogen) atoms. The summed E-state index contributed by atoms with van der Waals surface area (Å²) < 4.78 is 33.0. The summed E-state index contributed by atoms with van der Waals surface area (Å²) in [6.07, 6.45) is 4.61. The number of imide groups is 2. The predicted molar refractivity (Wildman–Crippen MR) is 166 cm³/mol. The molecule has 252 valence electrons. The quantitative estimate of drug-likeness (QED) is 0.0860. The molecule has 4 amide bonds. The zero-order valence-corrected chi connectivity index (χ0v) is 26.6. The molecule has 13 nitrogen and oxygen atoms in total. The van der Waals surface area contributed by atoms with Gasteiger partial charge in [0.25, 0.3) is 11.8 Å². The van der Waals surface area contributed by atoms with Crippen LogP contribution in [0.3, 0.4) is 0 Å². The molecule has 0 bridgehead atoms. The first-order valence-corrected chi connectivity index (χ1v) is 16.2. The van der Waals surface area contributed by atoms with Gasteiger partial charge in [-0.3, -0.25) is 29.4 Å². The maximum Gasteiger partial charge on any atom is 0.264 e. The van der Waals surface area contributed by atoms with Gasteiger partial charge in [-0.05, 0) is 31.4 Å². The number of unbranched alkanes of at least 4 members (excludes halogenated alkanes) is 3. The Balaban J connectivity index is 1.12. The Labute approximate surface area is 269 Å². The van der Waals surface area contributed by atoms with E-state index in [1.54, 1.807) is 18.2 Å².